The molecule has 0 saturated carbocycles. The van der Waals surface area contributed by atoms with Gasteiger partial charge in [-0.15, -0.1) is 0 Å². The average Bonchev–Trinajstić information content (AvgIpc) is 2.42. The minimum Gasteiger partial charge on any atom is -0.481 e. The molecule has 1 N–H and O–H groups in total. The lowest BCUT2D eigenvalue weighted by Crippen LogP contribution is -2.48. The molecule has 0 aliphatic carbocycles. The molecule has 0 heterocycles. The van der Waals surface area contributed by atoms with Gasteiger partial charge in [-0.2, -0.15) is 0 Å². The third kappa shape index (κ3) is 4.48. The molecule has 116 valence electrons. The number of carbonyl (C=O) groups is 2. The summed E-state index contributed by atoms with van der Waals surface area (Å²) in [6, 6.07) is 5.14. The number of hydrogen-bond donors (Lipinski definition) is 1. The molecule has 0 spiro atoms. The van der Waals surface area contributed by atoms with Crippen LogP contribution in [-0.4, -0.2) is 43.0 Å². The summed E-state index contributed by atoms with van der Waals surface area (Å²) in [7, 11) is 3.31. The molecule has 0 unspecified atom stereocenters. The van der Waals surface area contributed by atoms with Crippen LogP contribution in [0.4, 0.5) is 0 Å². The third-order valence-electron chi connectivity index (χ3n) is 3.40. The first-order chi connectivity index (χ1) is 9.73. The summed E-state index contributed by atoms with van der Waals surface area (Å²) in [5, 5.41) is 2.66. The van der Waals surface area contributed by atoms with E-state index in [0.717, 1.165) is 11.1 Å². The maximum atomic E-state index is 12.1. The molecule has 0 aromatic heterocycles. The van der Waals surface area contributed by atoms with Gasteiger partial charge in [-0.05, 0) is 44.9 Å². The van der Waals surface area contributed by atoms with Crippen LogP contribution >= 0.6 is 0 Å². The molecular weight excluding hydrogens is 268 g/mol. The van der Waals surface area contributed by atoms with E-state index in [0.29, 0.717) is 5.75 Å². The monoisotopic (exact) mass is 292 g/mol. The minimum absolute atomic E-state index is 0.151. The van der Waals surface area contributed by atoms with Crippen molar-refractivity contribution < 1.29 is 14.3 Å². The van der Waals surface area contributed by atoms with Gasteiger partial charge in [-0.1, -0.05) is 12.1 Å². The molecule has 0 bridgehead atoms. The van der Waals surface area contributed by atoms with Gasteiger partial charge in [0.05, 0.1) is 0 Å². The lowest BCUT2D eigenvalue weighted by molar-refractivity contribution is -0.136. The Balaban J connectivity index is 2.67. The lowest BCUT2D eigenvalue weighted by Gasteiger charge is -2.21. The van der Waals surface area contributed by atoms with E-state index in [1.54, 1.807) is 27.9 Å². The van der Waals surface area contributed by atoms with E-state index in [2.05, 4.69) is 5.32 Å². The Morgan fingerprint density at radius 1 is 1.19 bits per heavy atom. The van der Waals surface area contributed by atoms with E-state index in [4.69, 9.17) is 4.74 Å². The van der Waals surface area contributed by atoms with Crippen molar-refractivity contribution in [3.8, 4) is 5.75 Å². The zero-order valence-electron chi connectivity index (χ0n) is 13.6. The SMILES string of the molecule is Cc1cccc(O[C@H](C)C(=O)N[C@H](C)C(=O)N(C)C)c1C. The molecule has 0 aliphatic rings. The Morgan fingerprint density at radius 3 is 2.38 bits per heavy atom. The quantitative estimate of drug-likeness (QED) is 0.898. The number of aryl methyl sites for hydroxylation is 1. The molecule has 1 rings (SSSR count). The molecule has 1 aromatic carbocycles. The number of amides is 2. The van der Waals surface area contributed by atoms with E-state index < -0.39 is 12.1 Å². The van der Waals surface area contributed by atoms with Crippen LogP contribution in [-0.2, 0) is 9.59 Å². The van der Waals surface area contributed by atoms with Gasteiger partial charge < -0.3 is 15.0 Å². The van der Waals surface area contributed by atoms with Crippen molar-refractivity contribution in [1.82, 2.24) is 10.2 Å². The maximum Gasteiger partial charge on any atom is 0.261 e. The first-order valence-electron chi connectivity index (χ1n) is 6.98. The topological polar surface area (TPSA) is 58.6 Å². The van der Waals surface area contributed by atoms with Crippen LogP contribution in [0.25, 0.3) is 0 Å². The molecule has 0 saturated heterocycles. The Labute approximate surface area is 126 Å². The fourth-order valence-corrected chi connectivity index (χ4v) is 1.88. The summed E-state index contributed by atoms with van der Waals surface area (Å²) >= 11 is 0. The Hall–Kier alpha value is -2.04. The number of nitrogens with one attached hydrogen (secondary N) is 1. The van der Waals surface area contributed by atoms with Gasteiger partial charge in [-0.3, -0.25) is 9.59 Å². The van der Waals surface area contributed by atoms with Gasteiger partial charge in [0.2, 0.25) is 5.91 Å². The Morgan fingerprint density at radius 2 is 1.81 bits per heavy atom. The molecule has 2 amide bonds. The first-order valence-corrected chi connectivity index (χ1v) is 6.98. The number of rotatable bonds is 5. The van der Waals surface area contributed by atoms with Gasteiger partial charge >= 0.3 is 0 Å². The molecule has 0 aliphatic heterocycles. The van der Waals surface area contributed by atoms with Crippen molar-refractivity contribution >= 4 is 11.8 Å². The van der Waals surface area contributed by atoms with Gasteiger partial charge in [-0.25, -0.2) is 0 Å². The van der Waals surface area contributed by atoms with Crippen LogP contribution in [0.3, 0.4) is 0 Å². The largest absolute Gasteiger partial charge is 0.481 e. The summed E-state index contributed by atoms with van der Waals surface area (Å²) in [5.41, 5.74) is 2.12. The third-order valence-corrected chi connectivity index (χ3v) is 3.40. The van der Waals surface area contributed by atoms with Crippen LogP contribution in [0, 0.1) is 13.8 Å². The molecule has 21 heavy (non-hydrogen) atoms. The van der Waals surface area contributed by atoms with Crippen LogP contribution in [0.2, 0.25) is 0 Å². The van der Waals surface area contributed by atoms with Crippen molar-refractivity contribution in [3.05, 3.63) is 29.3 Å². The second-order valence-corrected chi connectivity index (χ2v) is 5.42. The number of likely N-dealkylation sites (N-methyl/N-ethyl adjacent to an activating group) is 1. The van der Waals surface area contributed by atoms with Crippen LogP contribution in [0.1, 0.15) is 25.0 Å². The smallest absolute Gasteiger partial charge is 0.261 e. The maximum absolute atomic E-state index is 12.1. The minimum atomic E-state index is -0.664. The molecule has 5 heteroatoms. The highest BCUT2D eigenvalue weighted by molar-refractivity contribution is 5.88. The predicted octanol–water partition coefficient (Wildman–Crippen LogP) is 1.66. The second-order valence-electron chi connectivity index (χ2n) is 5.42. The van der Waals surface area contributed by atoms with E-state index >= 15 is 0 Å². The molecular formula is C16H24N2O3. The van der Waals surface area contributed by atoms with Gasteiger partial charge in [0.15, 0.2) is 6.10 Å². The van der Waals surface area contributed by atoms with Crippen molar-refractivity contribution in [3.63, 3.8) is 0 Å². The van der Waals surface area contributed by atoms with E-state index in [-0.39, 0.29) is 11.8 Å². The second kappa shape index (κ2) is 7.11. The number of nitrogens with zero attached hydrogens (tertiary/aromatic N) is 1. The summed E-state index contributed by atoms with van der Waals surface area (Å²) in [6.07, 6.45) is -0.664. The predicted molar refractivity (Wildman–Crippen MR) is 82.3 cm³/mol. The van der Waals surface area contributed by atoms with E-state index in [9.17, 15) is 9.59 Å². The highest BCUT2D eigenvalue weighted by Crippen LogP contribution is 2.21. The number of hydrogen-bond acceptors (Lipinski definition) is 3. The highest BCUT2D eigenvalue weighted by atomic mass is 16.5. The summed E-state index contributed by atoms with van der Waals surface area (Å²) < 4.78 is 5.69. The van der Waals surface area contributed by atoms with Crippen molar-refractivity contribution in [2.75, 3.05) is 14.1 Å². The molecule has 0 radical (unpaired) electrons. The van der Waals surface area contributed by atoms with Crippen LogP contribution in [0.15, 0.2) is 18.2 Å². The molecule has 0 fully saturated rings. The zero-order chi connectivity index (χ0) is 16.2. The van der Waals surface area contributed by atoms with E-state index in [1.807, 2.05) is 32.0 Å². The van der Waals surface area contributed by atoms with Crippen molar-refractivity contribution in [1.29, 1.82) is 0 Å². The van der Waals surface area contributed by atoms with Gasteiger partial charge in [0.25, 0.3) is 5.91 Å². The van der Waals surface area contributed by atoms with Gasteiger partial charge in [0, 0.05) is 14.1 Å². The Kier molecular flexibility index (Phi) is 5.76. The molecule has 5 nitrogen and oxygen atoms in total. The number of ether oxygens (including phenoxy) is 1. The van der Waals surface area contributed by atoms with Crippen molar-refractivity contribution in [2.45, 2.75) is 39.8 Å². The van der Waals surface area contributed by atoms with Crippen LogP contribution in [0.5, 0.6) is 5.75 Å². The van der Waals surface area contributed by atoms with E-state index in [1.165, 1.54) is 4.90 Å². The zero-order valence-corrected chi connectivity index (χ0v) is 13.6. The molecule has 2 atom stereocenters. The Bertz CT molecular complexity index is 526. The summed E-state index contributed by atoms with van der Waals surface area (Å²) in [6.45, 7) is 7.27. The lowest BCUT2D eigenvalue weighted by atomic mass is 10.1. The van der Waals surface area contributed by atoms with Crippen molar-refractivity contribution in [2.24, 2.45) is 0 Å². The number of carbonyl (C=O) groups excluding carboxylic acids is 2. The molecule has 1 aromatic rings. The number of benzene rings is 1. The van der Waals surface area contributed by atoms with Crippen LogP contribution < -0.4 is 10.1 Å². The standard InChI is InChI=1S/C16H24N2O3/c1-10-8-7-9-14(11(10)2)21-13(4)15(19)17-12(3)16(20)18(5)6/h7-9,12-13H,1-6H3,(H,17,19)/t12-,13-/m1/s1. The fourth-order valence-electron chi connectivity index (χ4n) is 1.88. The highest BCUT2D eigenvalue weighted by Gasteiger charge is 2.22. The average molecular weight is 292 g/mol. The normalized spacial score (nSPS) is 13.2. The first kappa shape index (κ1) is 17.0. The fraction of sp³-hybridized carbons (Fsp3) is 0.500. The van der Waals surface area contributed by atoms with Gasteiger partial charge in [0.1, 0.15) is 11.8 Å². The summed E-state index contributed by atoms with van der Waals surface area (Å²) in [5.74, 6) is 0.227. The summed E-state index contributed by atoms with van der Waals surface area (Å²) in [4.78, 5) is 25.2.